The summed E-state index contributed by atoms with van der Waals surface area (Å²) >= 11 is 0. The molecule has 0 bridgehead atoms. The van der Waals surface area contributed by atoms with Gasteiger partial charge in [0.15, 0.2) is 0 Å². The molecule has 0 spiro atoms. The number of rotatable bonds is 8. The predicted octanol–water partition coefficient (Wildman–Crippen LogP) is 2.44. The zero-order valence-corrected chi connectivity index (χ0v) is 9.88. The molecule has 0 aromatic heterocycles. The van der Waals surface area contributed by atoms with Crippen molar-refractivity contribution < 1.29 is 4.74 Å². The van der Waals surface area contributed by atoms with Crippen LogP contribution in [0.25, 0.3) is 0 Å². The number of nitrogens with one attached hydrogen (secondary N) is 1. The van der Waals surface area contributed by atoms with E-state index in [1.165, 1.54) is 32.1 Å². The van der Waals surface area contributed by atoms with Gasteiger partial charge in [0.1, 0.15) is 0 Å². The van der Waals surface area contributed by atoms with Crippen molar-refractivity contribution in [1.29, 1.82) is 0 Å². The van der Waals surface area contributed by atoms with E-state index in [-0.39, 0.29) is 0 Å². The summed E-state index contributed by atoms with van der Waals surface area (Å²) < 4.78 is 5.16. The average molecular weight is 199 g/mol. The lowest BCUT2D eigenvalue weighted by Crippen LogP contribution is -2.28. The molecule has 0 aromatic carbocycles. The fraction of sp³-hybridized carbons (Fsp3) is 1.00. The molecule has 2 atom stereocenters. The highest BCUT2D eigenvalue weighted by atomic mass is 16.5. The quantitative estimate of drug-likeness (QED) is 0.648. The molecule has 1 N–H and O–H groups in total. The molecule has 1 rings (SSSR count). The topological polar surface area (TPSA) is 21.3 Å². The lowest BCUT2D eigenvalue weighted by Gasteiger charge is -2.20. The van der Waals surface area contributed by atoms with Crippen LogP contribution in [-0.4, -0.2) is 26.8 Å². The Morgan fingerprint density at radius 3 is 2.64 bits per heavy atom. The number of ether oxygens (including phenoxy) is 1. The molecule has 1 aliphatic rings. The lowest BCUT2D eigenvalue weighted by molar-refractivity contribution is 0.149. The molecular formula is C12H25NO. The standard InChI is InChI=1S/C12H25NO/c1-10(9-14-3)8-12(13-2)7-6-11-4-5-11/h10-13H,4-9H2,1-3H3. The maximum Gasteiger partial charge on any atom is 0.0488 e. The molecule has 0 aromatic rings. The van der Waals surface area contributed by atoms with Crippen LogP contribution in [0.1, 0.15) is 39.0 Å². The largest absolute Gasteiger partial charge is 0.384 e. The Morgan fingerprint density at radius 2 is 2.14 bits per heavy atom. The van der Waals surface area contributed by atoms with Crippen LogP contribution in [0, 0.1) is 11.8 Å². The second-order valence-corrected chi connectivity index (χ2v) is 4.80. The first-order valence-corrected chi connectivity index (χ1v) is 5.92. The molecule has 1 fully saturated rings. The highest BCUT2D eigenvalue weighted by Gasteiger charge is 2.22. The van der Waals surface area contributed by atoms with Crippen molar-refractivity contribution in [2.45, 2.75) is 45.1 Å². The highest BCUT2D eigenvalue weighted by Crippen LogP contribution is 2.34. The molecule has 0 radical (unpaired) electrons. The lowest BCUT2D eigenvalue weighted by atomic mass is 9.98. The van der Waals surface area contributed by atoms with Crippen molar-refractivity contribution in [3.8, 4) is 0 Å². The summed E-state index contributed by atoms with van der Waals surface area (Å²) in [4.78, 5) is 0. The summed E-state index contributed by atoms with van der Waals surface area (Å²) in [7, 11) is 3.87. The van der Waals surface area contributed by atoms with Gasteiger partial charge in [-0.2, -0.15) is 0 Å². The summed E-state index contributed by atoms with van der Waals surface area (Å²) in [6, 6.07) is 0.695. The van der Waals surface area contributed by atoms with Crippen molar-refractivity contribution in [1.82, 2.24) is 5.32 Å². The molecule has 1 saturated carbocycles. The first-order chi connectivity index (χ1) is 6.76. The molecule has 0 aliphatic heterocycles. The SMILES string of the molecule is CNC(CCC1CC1)CC(C)COC. The molecule has 84 valence electrons. The van der Waals surface area contributed by atoms with Crippen LogP contribution >= 0.6 is 0 Å². The molecule has 0 amide bonds. The predicted molar refractivity (Wildman–Crippen MR) is 60.5 cm³/mol. The normalized spacial score (nSPS) is 20.8. The van der Waals surface area contributed by atoms with Gasteiger partial charge in [-0.1, -0.05) is 19.8 Å². The van der Waals surface area contributed by atoms with Gasteiger partial charge in [0.25, 0.3) is 0 Å². The van der Waals surface area contributed by atoms with Gasteiger partial charge in [0.05, 0.1) is 0 Å². The third-order valence-electron chi connectivity index (χ3n) is 3.17. The fourth-order valence-corrected chi connectivity index (χ4v) is 2.06. The van der Waals surface area contributed by atoms with Crippen LogP contribution < -0.4 is 5.32 Å². The zero-order chi connectivity index (χ0) is 10.4. The molecule has 0 heterocycles. The monoisotopic (exact) mass is 199 g/mol. The molecule has 14 heavy (non-hydrogen) atoms. The Morgan fingerprint density at radius 1 is 1.43 bits per heavy atom. The minimum Gasteiger partial charge on any atom is -0.384 e. The van der Waals surface area contributed by atoms with Gasteiger partial charge < -0.3 is 10.1 Å². The Hall–Kier alpha value is -0.0800. The third-order valence-corrected chi connectivity index (χ3v) is 3.17. The van der Waals surface area contributed by atoms with Crippen molar-refractivity contribution in [2.24, 2.45) is 11.8 Å². The molecule has 2 heteroatoms. The zero-order valence-electron chi connectivity index (χ0n) is 9.88. The van der Waals surface area contributed by atoms with Gasteiger partial charge in [-0.15, -0.1) is 0 Å². The summed E-state index contributed by atoms with van der Waals surface area (Å²) in [6.45, 7) is 3.16. The number of methoxy groups -OCH3 is 1. The van der Waals surface area contributed by atoms with Crippen LogP contribution in [0.15, 0.2) is 0 Å². The van der Waals surface area contributed by atoms with E-state index < -0.39 is 0 Å². The second-order valence-electron chi connectivity index (χ2n) is 4.80. The van der Waals surface area contributed by atoms with Gasteiger partial charge in [-0.05, 0) is 38.1 Å². The first kappa shape index (κ1) is 12.0. The smallest absolute Gasteiger partial charge is 0.0488 e. The fourth-order valence-electron chi connectivity index (χ4n) is 2.06. The van der Waals surface area contributed by atoms with Crippen molar-refractivity contribution in [2.75, 3.05) is 20.8 Å². The minimum atomic E-state index is 0.677. The molecule has 2 nitrogen and oxygen atoms in total. The van der Waals surface area contributed by atoms with Gasteiger partial charge in [-0.25, -0.2) is 0 Å². The third kappa shape index (κ3) is 4.97. The van der Waals surface area contributed by atoms with Crippen LogP contribution in [0.4, 0.5) is 0 Å². The summed E-state index contributed by atoms with van der Waals surface area (Å²) in [6.07, 6.45) is 6.96. The van der Waals surface area contributed by atoms with Crippen LogP contribution in [0.5, 0.6) is 0 Å². The Labute approximate surface area is 88.4 Å². The van der Waals surface area contributed by atoms with E-state index in [4.69, 9.17) is 4.74 Å². The van der Waals surface area contributed by atoms with Crippen molar-refractivity contribution in [3.63, 3.8) is 0 Å². The maximum atomic E-state index is 5.16. The maximum absolute atomic E-state index is 5.16. The first-order valence-electron chi connectivity index (χ1n) is 5.92. The number of hydrogen-bond acceptors (Lipinski definition) is 2. The van der Waals surface area contributed by atoms with E-state index in [2.05, 4.69) is 19.3 Å². The minimum absolute atomic E-state index is 0.677. The Kier molecular flexibility index (Phi) is 5.49. The summed E-state index contributed by atoms with van der Waals surface area (Å²) in [5.74, 6) is 1.74. The van der Waals surface area contributed by atoms with E-state index in [1.54, 1.807) is 7.11 Å². The van der Waals surface area contributed by atoms with E-state index in [0.717, 1.165) is 12.5 Å². The van der Waals surface area contributed by atoms with Crippen LogP contribution in [0.2, 0.25) is 0 Å². The van der Waals surface area contributed by atoms with E-state index >= 15 is 0 Å². The molecular weight excluding hydrogens is 174 g/mol. The van der Waals surface area contributed by atoms with Crippen molar-refractivity contribution in [3.05, 3.63) is 0 Å². The average Bonchev–Trinajstić information content (AvgIpc) is 2.96. The van der Waals surface area contributed by atoms with Gasteiger partial charge in [0, 0.05) is 19.8 Å². The van der Waals surface area contributed by atoms with Gasteiger partial charge in [0.2, 0.25) is 0 Å². The molecule has 1 aliphatic carbocycles. The van der Waals surface area contributed by atoms with Gasteiger partial charge in [-0.3, -0.25) is 0 Å². The Balaban J connectivity index is 2.08. The van der Waals surface area contributed by atoms with Gasteiger partial charge >= 0.3 is 0 Å². The number of hydrogen-bond donors (Lipinski definition) is 1. The molecule has 2 unspecified atom stereocenters. The Bertz CT molecular complexity index is 145. The van der Waals surface area contributed by atoms with E-state index in [1.807, 2.05) is 0 Å². The van der Waals surface area contributed by atoms with Crippen molar-refractivity contribution >= 4 is 0 Å². The summed E-state index contributed by atoms with van der Waals surface area (Å²) in [5.41, 5.74) is 0. The second kappa shape index (κ2) is 6.41. The molecule has 0 saturated heterocycles. The van der Waals surface area contributed by atoms with Crippen LogP contribution in [-0.2, 0) is 4.74 Å². The van der Waals surface area contributed by atoms with E-state index in [9.17, 15) is 0 Å². The summed E-state index contributed by atoms with van der Waals surface area (Å²) in [5, 5.41) is 3.42. The van der Waals surface area contributed by atoms with Crippen LogP contribution in [0.3, 0.4) is 0 Å². The highest BCUT2D eigenvalue weighted by molar-refractivity contribution is 4.77. The van der Waals surface area contributed by atoms with E-state index in [0.29, 0.717) is 12.0 Å².